The Morgan fingerprint density at radius 1 is 0.684 bits per heavy atom. The molecule has 5 nitrogen and oxygen atoms in total. The number of thioether (sulfide) groups is 1. The molecule has 0 heterocycles. The molecule has 4 rings (SSSR count). The number of carbonyl (C=O) groups excluding carboxylic acids is 2. The van der Waals surface area contributed by atoms with Crippen molar-refractivity contribution in [1.29, 1.82) is 0 Å². The first kappa shape index (κ1) is 27.2. The minimum Gasteiger partial charge on any atom is -0.457 e. The van der Waals surface area contributed by atoms with Gasteiger partial charge in [-0.2, -0.15) is 0 Å². The number of ether oxygens (including phenoxy) is 2. The van der Waals surface area contributed by atoms with Crippen LogP contribution in [0.4, 0.5) is 0 Å². The molecule has 0 radical (unpaired) electrons. The molecule has 0 saturated carbocycles. The highest BCUT2D eigenvalue weighted by Gasteiger charge is 2.21. The fourth-order valence-corrected chi connectivity index (χ4v) is 4.58. The minimum atomic E-state index is -0.733. The van der Waals surface area contributed by atoms with Gasteiger partial charge in [-0.3, -0.25) is 9.59 Å². The second-order valence-electron chi connectivity index (χ2n) is 8.80. The Morgan fingerprint density at radius 2 is 1.26 bits per heavy atom. The molecule has 0 aliphatic carbocycles. The van der Waals surface area contributed by atoms with Gasteiger partial charge in [-0.05, 0) is 41.0 Å². The van der Waals surface area contributed by atoms with Gasteiger partial charge in [0.05, 0.1) is 19.0 Å². The van der Waals surface area contributed by atoms with E-state index in [9.17, 15) is 9.59 Å². The first-order valence-corrected chi connectivity index (χ1v) is 13.7. The van der Waals surface area contributed by atoms with Crippen molar-refractivity contribution >= 4 is 23.5 Å². The van der Waals surface area contributed by atoms with Crippen LogP contribution in [0.25, 0.3) is 0 Å². The molecule has 0 aromatic heterocycles. The van der Waals surface area contributed by atoms with Crippen LogP contribution in [0.2, 0.25) is 0 Å². The van der Waals surface area contributed by atoms with Gasteiger partial charge in [-0.25, -0.2) is 0 Å². The average Bonchev–Trinajstić information content (AvgIpc) is 2.95. The molecule has 0 aliphatic rings. The van der Waals surface area contributed by atoms with E-state index in [0.717, 1.165) is 28.2 Å². The summed E-state index contributed by atoms with van der Waals surface area (Å²) in [5.41, 5.74) is 3.01. The van der Waals surface area contributed by atoms with E-state index in [0.29, 0.717) is 12.4 Å². The van der Waals surface area contributed by atoms with Crippen LogP contribution >= 0.6 is 11.8 Å². The Bertz CT molecular complexity index is 1270. The van der Waals surface area contributed by atoms with Crippen molar-refractivity contribution in [1.82, 2.24) is 5.32 Å². The number of rotatable bonds is 14. The Kier molecular flexibility index (Phi) is 10.6. The summed E-state index contributed by atoms with van der Waals surface area (Å²) in [6, 6.07) is 36.0. The molecular formula is C32H31NO4S. The second kappa shape index (κ2) is 14.8. The zero-order valence-electron chi connectivity index (χ0n) is 21.1. The number of benzene rings is 4. The summed E-state index contributed by atoms with van der Waals surface area (Å²) in [5.74, 6) is 2.16. The van der Waals surface area contributed by atoms with E-state index in [4.69, 9.17) is 9.47 Å². The zero-order valence-corrected chi connectivity index (χ0v) is 21.9. The van der Waals surface area contributed by atoms with Crippen LogP contribution in [-0.4, -0.2) is 30.1 Å². The van der Waals surface area contributed by atoms with Crippen LogP contribution in [-0.2, 0) is 33.1 Å². The lowest BCUT2D eigenvalue weighted by Gasteiger charge is -2.18. The molecule has 4 aromatic carbocycles. The van der Waals surface area contributed by atoms with E-state index in [1.165, 1.54) is 11.8 Å². The van der Waals surface area contributed by atoms with E-state index < -0.39 is 6.04 Å². The van der Waals surface area contributed by atoms with Crippen LogP contribution in [0.1, 0.15) is 16.7 Å². The van der Waals surface area contributed by atoms with Crippen LogP contribution in [0.3, 0.4) is 0 Å². The molecule has 1 N–H and O–H groups in total. The third kappa shape index (κ3) is 9.21. The van der Waals surface area contributed by atoms with Gasteiger partial charge in [0, 0.05) is 12.2 Å². The molecule has 0 spiro atoms. The lowest BCUT2D eigenvalue weighted by atomic mass is 10.0. The zero-order chi connectivity index (χ0) is 26.4. The van der Waals surface area contributed by atoms with Crippen molar-refractivity contribution in [3.8, 4) is 11.5 Å². The van der Waals surface area contributed by atoms with Crippen molar-refractivity contribution in [2.24, 2.45) is 0 Å². The molecule has 6 heteroatoms. The SMILES string of the molecule is O=C(CSCc1ccccc1)NC(COCc1ccccc1)C(=O)Cc1ccc(Oc2ccccc2)cc1. The maximum absolute atomic E-state index is 13.2. The molecule has 0 aliphatic heterocycles. The Morgan fingerprint density at radius 3 is 1.92 bits per heavy atom. The number of ketones is 1. The molecular weight excluding hydrogens is 494 g/mol. The van der Waals surface area contributed by atoms with Crippen LogP contribution < -0.4 is 10.1 Å². The van der Waals surface area contributed by atoms with E-state index in [1.54, 1.807) is 0 Å². The summed E-state index contributed by atoms with van der Waals surface area (Å²) in [4.78, 5) is 25.9. The lowest BCUT2D eigenvalue weighted by Crippen LogP contribution is -2.45. The molecule has 1 atom stereocenters. The normalized spacial score (nSPS) is 11.5. The summed E-state index contributed by atoms with van der Waals surface area (Å²) in [6.07, 6.45) is 0.183. The van der Waals surface area contributed by atoms with Gasteiger partial charge in [0.1, 0.15) is 17.5 Å². The maximum atomic E-state index is 13.2. The predicted molar refractivity (Wildman–Crippen MR) is 152 cm³/mol. The Hall–Kier alpha value is -3.87. The number of Topliss-reactive ketones (excluding diaryl/α,β-unsaturated/α-hetero) is 1. The monoisotopic (exact) mass is 525 g/mol. The number of para-hydroxylation sites is 1. The standard InChI is InChI=1S/C32H31NO4S/c34-31(20-25-16-18-29(19-17-25)37-28-14-8-3-9-15-28)30(22-36-21-26-10-4-1-5-11-26)33-32(35)24-38-23-27-12-6-2-7-13-27/h1-19,30H,20-24H2,(H,33,35). The summed E-state index contributed by atoms with van der Waals surface area (Å²) < 4.78 is 11.7. The molecule has 194 valence electrons. The van der Waals surface area contributed by atoms with Gasteiger partial charge in [-0.15, -0.1) is 11.8 Å². The van der Waals surface area contributed by atoms with Gasteiger partial charge < -0.3 is 14.8 Å². The summed E-state index contributed by atoms with van der Waals surface area (Å²) in [7, 11) is 0. The maximum Gasteiger partial charge on any atom is 0.230 e. The van der Waals surface area contributed by atoms with Gasteiger partial charge in [0.2, 0.25) is 5.91 Å². The third-order valence-corrected chi connectivity index (χ3v) is 6.75. The molecule has 1 amide bonds. The van der Waals surface area contributed by atoms with Crippen molar-refractivity contribution in [3.63, 3.8) is 0 Å². The summed E-state index contributed by atoms with van der Waals surface area (Å²) in [6.45, 7) is 0.479. The van der Waals surface area contributed by atoms with Gasteiger partial charge in [0.15, 0.2) is 5.78 Å². The van der Waals surface area contributed by atoms with Crippen LogP contribution in [0, 0.1) is 0 Å². The van der Waals surface area contributed by atoms with Crippen molar-refractivity contribution in [2.75, 3.05) is 12.4 Å². The minimum absolute atomic E-state index is 0.101. The van der Waals surface area contributed by atoms with Crippen molar-refractivity contribution in [3.05, 3.63) is 132 Å². The highest BCUT2D eigenvalue weighted by Crippen LogP contribution is 2.21. The first-order valence-electron chi connectivity index (χ1n) is 12.5. The molecule has 0 bridgehead atoms. The van der Waals surface area contributed by atoms with Crippen molar-refractivity contribution < 1.29 is 19.1 Å². The lowest BCUT2D eigenvalue weighted by molar-refractivity contribution is -0.127. The topological polar surface area (TPSA) is 64.6 Å². The van der Waals surface area contributed by atoms with Crippen LogP contribution in [0.15, 0.2) is 115 Å². The largest absolute Gasteiger partial charge is 0.457 e. The van der Waals surface area contributed by atoms with Crippen LogP contribution in [0.5, 0.6) is 11.5 Å². The van der Waals surface area contributed by atoms with E-state index in [1.807, 2.05) is 115 Å². The van der Waals surface area contributed by atoms with E-state index in [2.05, 4.69) is 5.32 Å². The third-order valence-electron chi connectivity index (χ3n) is 5.75. The molecule has 0 saturated heterocycles. The predicted octanol–water partition coefficient (Wildman–Crippen LogP) is 6.23. The number of amides is 1. The summed E-state index contributed by atoms with van der Waals surface area (Å²) in [5, 5.41) is 2.89. The number of nitrogens with one attached hydrogen (secondary N) is 1. The van der Waals surface area contributed by atoms with E-state index in [-0.39, 0.29) is 30.5 Å². The fraction of sp³-hybridized carbons (Fsp3) is 0.188. The number of hydrogen-bond donors (Lipinski definition) is 1. The van der Waals surface area contributed by atoms with Crippen molar-refractivity contribution in [2.45, 2.75) is 24.8 Å². The quantitative estimate of drug-likeness (QED) is 0.212. The number of carbonyl (C=O) groups is 2. The smallest absolute Gasteiger partial charge is 0.230 e. The molecule has 1 unspecified atom stereocenters. The molecule has 38 heavy (non-hydrogen) atoms. The average molecular weight is 526 g/mol. The highest BCUT2D eigenvalue weighted by atomic mass is 32.2. The van der Waals surface area contributed by atoms with E-state index >= 15 is 0 Å². The van der Waals surface area contributed by atoms with Gasteiger partial charge in [-0.1, -0.05) is 91.0 Å². The van der Waals surface area contributed by atoms with Gasteiger partial charge in [0.25, 0.3) is 0 Å². The Balaban J connectivity index is 1.32. The first-order chi connectivity index (χ1) is 18.7. The molecule has 0 fully saturated rings. The van der Waals surface area contributed by atoms with Gasteiger partial charge >= 0.3 is 0 Å². The second-order valence-corrected chi connectivity index (χ2v) is 9.79. The Labute approximate surface area is 228 Å². The fourth-order valence-electron chi connectivity index (χ4n) is 3.78. The summed E-state index contributed by atoms with van der Waals surface area (Å²) >= 11 is 1.52. The number of hydrogen-bond acceptors (Lipinski definition) is 5. The highest BCUT2D eigenvalue weighted by molar-refractivity contribution is 7.99. The molecule has 4 aromatic rings.